The molecule has 2 rings (SSSR count). The van der Waals surface area contributed by atoms with Gasteiger partial charge in [-0.3, -0.25) is 9.79 Å². The van der Waals surface area contributed by atoms with Gasteiger partial charge in [-0.15, -0.1) is 11.3 Å². The molecule has 4 heteroatoms. The summed E-state index contributed by atoms with van der Waals surface area (Å²) in [7, 11) is 0. The quantitative estimate of drug-likeness (QED) is 0.758. The van der Waals surface area contributed by atoms with E-state index in [1.807, 2.05) is 12.3 Å². The highest BCUT2D eigenvalue weighted by atomic mass is 32.1. The lowest BCUT2D eigenvalue weighted by Crippen LogP contribution is -2.22. The van der Waals surface area contributed by atoms with Crippen molar-refractivity contribution in [2.24, 2.45) is 4.99 Å². The van der Waals surface area contributed by atoms with E-state index in [0.717, 1.165) is 4.88 Å². The van der Waals surface area contributed by atoms with Crippen LogP contribution in [0.3, 0.4) is 0 Å². The van der Waals surface area contributed by atoms with E-state index in [2.05, 4.69) is 24.9 Å². The standard InChI is InChI=1S/C13H17NO2S/c1-4-16-12(15)9-7-14-8-13(2,3)10-5-6-17-11(9)10/h5-7,9H,4,8H2,1-3H3. The Morgan fingerprint density at radius 1 is 1.65 bits per heavy atom. The van der Waals surface area contributed by atoms with E-state index < -0.39 is 0 Å². The zero-order chi connectivity index (χ0) is 12.5. The molecular formula is C13H17NO2S. The Hall–Kier alpha value is -1.16. The van der Waals surface area contributed by atoms with Crippen LogP contribution in [0.25, 0.3) is 0 Å². The largest absolute Gasteiger partial charge is 0.465 e. The van der Waals surface area contributed by atoms with Crippen LogP contribution in [0.5, 0.6) is 0 Å². The first-order valence-corrected chi connectivity index (χ1v) is 6.68. The molecule has 1 aromatic heterocycles. The molecule has 1 aromatic rings. The number of thiophene rings is 1. The SMILES string of the molecule is CCOC(=O)C1C=NCC(C)(C)c2ccsc21. The molecule has 1 aliphatic heterocycles. The Labute approximate surface area is 106 Å². The molecule has 3 nitrogen and oxygen atoms in total. The monoisotopic (exact) mass is 251 g/mol. The Morgan fingerprint density at radius 2 is 2.41 bits per heavy atom. The average molecular weight is 251 g/mol. The highest BCUT2D eigenvalue weighted by Gasteiger charge is 2.33. The van der Waals surface area contributed by atoms with Crippen molar-refractivity contribution in [1.29, 1.82) is 0 Å². The maximum Gasteiger partial charge on any atom is 0.319 e. The van der Waals surface area contributed by atoms with Gasteiger partial charge in [0, 0.05) is 23.1 Å². The molecule has 0 amide bonds. The van der Waals surface area contributed by atoms with E-state index >= 15 is 0 Å². The number of aliphatic imine (C=N–C) groups is 1. The molecule has 0 spiro atoms. The van der Waals surface area contributed by atoms with Gasteiger partial charge in [0.25, 0.3) is 0 Å². The first-order chi connectivity index (χ1) is 8.06. The summed E-state index contributed by atoms with van der Waals surface area (Å²) in [4.78, 5) is 17.4. The number of rotatable bonds is 2. The van der Waals surface area contributed by atoms with Gasteiger partial charge in [0.05, 0.1) is 6.61 Å². The van der Waals surface area contributed by atoms with Crippen molar-refractivity contribution >= 4 is 23.5 Å². The molecule has 0 aromatic carbocycles. The number of ether oxygens (including phenoxy) is 1. The van der Waals surface area contributed by atoms with Crippen LogP contribution in [0.1, 0.15) is 37.1 Å². The second kappa shape index (κ2) is 4.61. The molecule has 0 saturated heterocycles. The van der Waals surface area contributed by atoms with Gasteiger partial charge >= 0.3 is 5.97 Å². The molecule has 92 valence electrons. The summed E-state index contributed by atoms with van der Waals surface area (Å²) >= 11 is 1.61. The van der Waals surface area contributed by atoms with Gasteiger partial charge in [-0.05, 0) is 23.9 Å². The number of fused-ring (bicyclic) bond motifs is 1. The summed E-state index contributed by atoms with van der Waals surface area (Å²) in [6.45, 7) is 7.26. The van der Waals surface area contributed by atoms with Crippen molar-refractivity contribution in [1.82, 2.24) is 0 Å². The Balaban J connectivity index is 2.40. The molecule has 1 aliphatic rings. The number of carbonyl (C=O) groups excluding carboxylic acids is 1. The smallest absolute Gasteiger partial charge is 0.319 e. The van der Waals surface area contributed by atoms with E-state index in [0.29, 0.717) is 13.2 Å². The van der Waals surface area contributed by atoms with Gasteiger partial charge in [-0.2, -0.15) is 0 Å². The molecule has 1 unspecified atom stereocenters. The van der Waals surface area contributed by atoms with Crippen molar-refractivity contribution in [2.75, 3.05) is 13.2 Å². The summed E-state index contributed by atoms with van der Waals surface area (Å²) in [5.74, 6) is -0.524. The van der Waals surface area contributed by atoms with Crippen LogP contribution >= 0.6 is 11.3 Å². The summed E-state index contributed by atoms with van der Waals surface area (Å²) in [5.41, 5.74) is 1.21. The van der Waals surface area contributed by atoms with Crippen LogP contribution in [-0.2, 0) is 14.9 Å². The third-order valence-corrected chi connectivity index (χ3v) is 3.99. The Kier molecular flexibility index (Phi) is 3.33. The molecule has 17 heavy (non-hydrogen) atoms. The molecule has 0 fully saturated rings. The van der Waals surface area contributed by atoms with Crippen molar-refractivity contribution < 1.29 is 9.53 Å². The molecule has 2 heterocycles. The van der Waals surface area contributed by atoms with Gasteiger partial charge in [0.15, 0.2) is 0 Å². The number of nitrogens with zero attached hydrogens (tertiary/aromatic N) is 1. The first kappa shape index (κ1) is 12.3. The lowest BCUT2D eigenvalue weighted by molar-refractivity contribution is -0.143. The molecule has 0 radical (unpaired) electrons. The zero-order valence-electron chi connectivity index (χ0n) is 10.4. The lowest BCUT2D eigenvalue weighted by atomic mass is 9.84. The van der Waals surface area contributed by atoms with Gasteiger partial charge in [-0.1, -0.05) is 13.8 Å². The highest BCUT2D eigenvalue weighted by Crippen LogP contribution is 2.37. The maximum absolute atomic E-state index is 11.9. The summed E-state index contributed by atoms with van der Waals surface area (Å²) in [5, 5.41) is 2.04. The van der Waals surface area contributed by atoms with E-state index in [9.17, 15) is 4.79 Å². The minimum atomic E-state index is -0.327. The minimum absolute atomic E-state index is 0.00687. The first-order valence-electron chi connectivity index (χ1n) is 5.80. The topological polar surface area (TPSA) is 38.7 Å². The molecule has 0 bridgehead atoms. The van der Waals surface area contributed by atoms with E-state index in [1.54, 1.807) is 17.6 Å². The van der Waals surface area contributed by atoms with Crippen LogP contribution < -0.4 is 0 Å². The maximum atomic E-state index is 11.9. The van der Waals surface area contributed by atoms with E-state index in [-0.39, 0.29) is 17.3 Å². The van der Waals surface area contributed by atoms with Crippen LogP contribution in [0.2, 0.25) is 0 Å². The van der Waals surface area contributed by atoms with Crippen LogP contribution in [0, 0.1) is 0 Å². The molecule has 0 aliphatic carbocycles. The van der Waals surface area contributed by atoms with Crippen molar-refractivity contribution in [2.45, 2.75) is 32.1 Å². The summed E-state index contributed by atoms with van der Waals surface area (Å²) in [6.07, 6.45) is 1.74. The van der Waals surface area contributed by atoms with Gasteiger partial charge in [-0.25, -0.2) is 0 Å². The van der Waals surface area contributed by atoms with Crippen molar-refractivity contribution in [3.63, 3.8) is 0 Å². The van der Waals surface area contributed by atoms with Crippen LogP contribution in [0.15, 0.2) is 16.4 Å². The molecule has 0 saturated carbocycles. The number of hydrogen-bond acceptors (Lipinski definition) is 4. The van der Waals surface area contributed by atoms with Crippen LogP contribution in [0.4, 0.5) is 0 Å². The van der Waals surface area contributed by atoms with E-state index in [1.165, 1.54) is 5.56 Å². The second-order valence-electron chi connectivity index (χ2n) is 4.80. The predicted molar refractivity (Wildman–Crippen MR) is 70.1 cm³/mol. The molecular weight excluding hydrogens is 234 g/mol. The predicted octanol–water partition coefficient (Wildman–Crippen LogP) is 2.76. The third-order valence-electron chi connectivity index (χ3n) is 2.99. The highest BCUT2D eigenvalue weighted by molar-refractivity contribution is 7.10. The average Bonchev–Trinajstić information content (AvgIpc) is 2.69. The fourth-order valence-electron chi connectivity index (χ4n) is 2.06. The van der Waals surface area contributed by atoms with Crippen molar-refractivity contribution in [3.05, 3.63) is 21.9 Å². The number of carbonyl (C=O) groups is 1. The number of hydrogen-bond donors (Lipinski definition) is 0. The number of esters is 1. The fourth-order valence-corrected chi connectivity index (χ4v) is 3.19. The molecule has 1 atom stereocenters. The second-order valence-corrected chi connectivity index (χ2v) is 5.75. The Bertz CT molecular complexity index is 448. The zero-order valence-corrected chi connectivity index (χ0v) is 11.2. The van der Waals surface area contributed by atoms with Gasteiger partial charge in [0.1, 0.15) is 5.92 Å². The fraction of sp³-hybridized carbons (Fsp3) is 0.538. The minimum Gasteiger partial charge on any atom is -0.465 e. The molecule has 0 N–H and O–H groups in total. The third kappa shape index (κ3) is 2.27. The Morgan fingerprint density at radius 3 is 3.12 bits per heavy atom. The van der Waals surface area contributed by atoms with Crippen molar-refractivity contribution in [3.8, 4) is 0 Å². The van der Waals surface area contributed by atoms with Crippen LogP contribution in [-0.4, -0.2) is 25.3 Å². The lowest BCUT2D eigenvalue weighted by Gasteiger charge is -2.22. The summed E-state index contributed by atoms with van der Waals surface area (Å²) < 4.78 is 5.11. The van der Waals surface area contributed by atoms with Gasteiger partial charge < -0.3 is 4.74 Å². The normalized spacial score (nSPS) is 21.7. The summed E-state index contributed by atoms with van der Waals surface area (Å²) in [6, 6.07) is 2.10. The van der Waals surface area contributed by atoms with Gasteiger partial charge in [0.2, 0.25) is 0 Å². The van der Waals surface area contributed by atoms with E-state index in [4.69, 9.17) is 4.74 Å².